The molecule has 1 aromatic carbocycles. The maximum Gasteiger partial charge on any atom is 0.237 e. The summed E-state index contributed by atoms with van der Waals surface area (Å²) >= 11 is 13.6. The first-order valence-corrected chi connectivity index (χ1v) is 11.3. The minimum Gasteiger partial charge on any atom is -0.341 e. The standard InChI is InChI=1S/C19H23Cl2N5OS/c1-12(17(27)22-16-11-13(20)5-8-15(16)21)28-19-24-23-18(26(19)14-6-7-14)25-9-3-2-4-10-25/h5,8,11-12,14H,2-4,6-7,9-10H2,1H3,(H,22,27). The van der Waals surface area contributed by atoms with Gasteiger partial charge in [-0.3, -0.25) is 9.36 Å². The first-order valence-electron chi connectivity index (χ1n) is 9.65. The van der Waals surface area contributed by atoms with Gasteiger partial charge in [0.2, 0.25) is 11.9 Å². The SMILES string of the molecule is CC(Sc1nnc(N2CCCCC2)n1C1CC1)C(=O)Nc1cc(Cl)ccc1Cl. The minimum atomic E-state index is -0.342. The molecule has 2 fully saturated rings. The summed E-state index contributed by atoms with van der Waals surface area (Å²) in [6.45, 7) is 3.92. The van der Waals surface area contributed by atoms with Gasteiger partial charge in [0, 0.05) is 24.2 Å². The van der Waals surface area contributed by atoms with E-state index < -0.39 is 0 Å². The molecular weight excluding hydrogens is 417 g/mol. The Morgan fingerprint density at radius 1 is 1.21 bits per heavy atom. The molecule has 1 N–H and O–H groups in total. The van der Waals surface area contributed by atoms with E-state index in [0.717, 1.165) is 37.0 Å². The van der Waals surface area contributed by atoms with Gasteiger partial charge >= 0.3 is 0 Å². The Balaban J connectivity index is 1.48. The number of halogens is 2. The van der Waals surface area contributed by atoms with Crippen molar-refractivity contribution in [3.63, 3.8) is 0 Å². The van der Waals surface area contributed by atoms with Gasteiger partial charge in [0.1, 0.15) is 0 Å². The lowest BCUT2D eigenvalue weighted by molar-refractivity contribution is -0.115. The van der Waals surface area contributed by atoms with Crippen LogP contribution in [-0.4, -0.2) is 39.0 Å². The summed E-state index contributed by atoms with van der Waals surface area (Å²) in [6, 6.07) is 5.47. The molecule has 2 aliphatic rings. The monoisotopic (exact) mass is 439 g/mol. The topological polar surface area (TPSA) is 63.1 Å². The van der Waals surface area contributed by atoms with E-state index in [4.69, 9.17) is 23.2 Å². The smallest absolute Gasteiger partial charge is 0.237 e. The van der Waals surface area contributed by atoms with E-state index >= 15 is 0 Å². The van der Waals surface area contributed by atoms with Crippen molar-refractivity contribution in [2.75, 3.05) is 23.3 Å². The number of nitrogens with zero attached hydrogens (tertiary/aromatic N) is 4. The molecule has 0 radical (unpaired) electrons. The van der Waals surface area contributed by atoms with Crippen molar-refractivity contribution in [2.24, 2.45) is 0 Å². The number of nitrogens with one attached hydrogen (secondary N) is 1. The zero-order valence-corrected chi connectivity index (χ0v) is 18.0. The Kier molecular flexibility index (Phi) is 6.04. The van der Waals surface area contributed by atoms with Crippen molar-refractivity contribution in [1.29, 1.82) is 0 Å². The number of benzene rings is 1. The molecule has 2 heterocycles. The van der Waals surface area contributed by atoms with Crippen molar-refractivity contribution in [2.45, 2.75) is 55.5 Å². The Hall–Kier alpha value is -1.44. The van der Waals surface area contributed by atoms with Crippen molar-refractivity contribution in [1.82, 2.24) is 14.8 Å². The van der Waals surface area contributed by atoms with Crippen LogP contribution in [-0.2, 0) is 4.79 Å². The summed E-state index contributed by atoms with van der Waals surface area (Å²) in [5, 5.41) is 13.2. The van der Waals surface area contributed by atoms with Crippen molar-refractivity contribution in [3.05, 3.63) is 28.2 Å². The van der Waals surface area contributed by atoms with Gasteiger partial charge < -0.3 is 10.2 Å². The predicted octanol–water partition coefficient (Wildman–Crippen LogP) is 5.03. The van der Waals surface area contributed by atoms with Gasteiger partial charge in [-0.15, -0.1) is 10.2 Å². The molecular formula is C19H23Cl2N5OS. The van der Waals surface area contributed by atoms with Gasteiger partial charge in [-0.2, -0.15) is 0 Å². The van der Waals surface area contributed by atoms with Gasteiger partial charge in [0.15, 0.2) is 5.16 Å². The summed E-state index contributed by atoms with van der Waals surface area (Å²) < 4.78 is 2.23. The average molecular weight is 440 g/mol. The second kappa shape index (κ2) is 8.51. The second-order valence-corrected chi connectivity index (χ2v) is 9.46. The van der Waals surface area contributed by atoms with E-state index in [1.54, 1.807) is 18.2 Å². The number of rotatable bonds is 6. The molecule has 150 valence electrons. The van der Waals surface area contributed by atoms with Gasteiger partial charge in [-0.25, -0.2) is 0 Å². The van der Waals surface area contributed by atoms with Crippen LogP contribution < -0.4 is 10.2 Å². The van der Waals surface area contributed by atoms with Crippen LogP contribution in [0.15, 0.2) is 23.4 Å². The lowest BCUT2D eigenvalue weighted by Crippen LogP contribution is -2.32. The first-order chi connectivity index (χ1) is 13.5. The third-order valence-corrected chi connectivity index (χ3v) is 6.66. The first kappa shape index (κ1) is 19.9. The maximum atomic E-state index is 12.7. The molecule has 0 bridgehead atoms. The number of carbonyl (C=O) groups excluding carboxylic acids is 1. The van der Waals surface area contributed by atoms with Crippen LogP contribution in [0.4, 0.5) is 11.6 Å². The number of anilines is 2. The molecule has 1 aliphatic carbocycles. The van der Waals surface area contributed by atoms with E-state index in [-0.39, 0.29) is 11.2 Å². The zero-order valence-electron chi connectivity index (χ0n) is 15.7. The maximum absolute atomic E-state index is 12.7. The number of amides is 1. The summed E-state index contributed by atoms with van der Waals surface area (Å²) in [4.78, 5) is 15.0. The van der Waals surface area contributed by atoms with E-state index in [0.29, 0.717) is 21.8 Å². The van der Waals surface area contributed by atoms with Crippen molar-refractivity contribution < 1.29 is 4.79 Å². The fourth-order valence-electron chi connectivity index (χ4n) is 3.35. The molecule has 1 saturated carbocycles. The summed E-state index contributed by atoms with van der Waals surface area (Å²) in [5.41, 5.74) is 0.518. The van der Waals surface area contributed by atoms with Crippen molar-refractivity contribution >= 4 is 52.5 Å². The molecule has 1 atom stereocenters. The Morgan fingerprint density at radius 2 is 1.96 bits per heavy atom. The normalized spacial score (nSPS) is 18.2. The molecule has 9 heteroatoms. The fraction of sp³-hybridized carbons (Fsp3) is 0.526. The van der Waals surface area contributed by atoms with E-state index in [2.05, 4.69) is 25.0 Å². The third-order valence-electron chi connectivity index (χ3n) is 5.04. The molecule has 1 saturated heterocycles. The molecule has 0 spiro atoms. The van der Waals surface area contributed by atoms with E-state index in [9.17, 15) is 4.79 Å². The molecule has 1 amide bonds. The molecule has 2 aromatic rings. The average Bonchev–Trinajstić information content (AvgIpc) is 3.45. The van der Waals surface area contributed by atoms with Crippen LogP contribution in [0.1, 0.15) is 45.1 Å². The molecule has 6 nitrogen and oxygen atoms in total. The lowest BCUT2D eigenvalue weighted by atomic mass is 10.1. The van der Waals surface area contributed by atoms with Crippen LogP contribution in [0.25, 0.3) is 0 Å². The quantitative estimate of drug-likeness (QED) is 0.639. The van der Waals surface area contributed by atoms with Crippen molar-refractivity contribution in [3.8, 4) is 0 Å². The van der Waals surface area contributed by atoms with E-state index in [1.807, 2.05) is 6.92 Å². The van der Waals surface area contributed by atoms with Crippen LogP contribution in [0.2, 0.25) is 10.0 Å². The molecule has 28 heavy (non-hydrogen) atoms. The van der Waals surface area contributed by atoms with Crippen LogP contribution in [0, 0.1) is 0 Å². The highest BCUT2D eigenvalue weighted by atomic mass is 35.5. The number of carbonyl (C=O) groups is 1. The molecule has 1 aliphatic heterocycles. The van der Waals surface area contributed by atoms with E-state index in [1.165, 1.54) is 31.0 Å². The lowest BCUT2D eigenvalue weighted by Gasteiger charge is -2.28. The number of piperidine rings is 1. The van der Waals surface area contributed by atoms with Crippen LogP contribution in [0.5, 0.6) is 0 Å². The fourth-order valence-corrected chi connectivity index (χ4v) is 4.60. The largest absolute Gasteiger partial charge is 0.341 e. The Bertz CT molecular complexity index is 864. The summed E-state index contributed by atoms with van der Waals surface area (Å²) in [7, 11) is 0. The van der Waals surface area contributed by atoms with Gasteiger partial charge in [-0.05, 0) is 57.2 Å². The minimum absolute atomic E-state index is 0.140. The number of aromatic nitrogens is 3. The Morgan fingerprint density at radius 3 is 2.68 bits per heavy atom. The van der Waals surface area contributed by atoms with Gasteiger partial charge in [0.05, 0.1) is 16.0 Å². The summed E-state index contributed by atoms with van der Waals surface area (Å²) in [5.74, 6) is 0.814. The molecule has 1 aromatic heterocycles. The summed E-state index contributed by atoms with van der Waals surface area (Å²) in [6.07, 6.45) is 5.95. The van der Waals surface area contributed by atoms with Crippen LogP contribution >= 0.6 is 35.0 Å². The number of hydrogen-bond donors (Lipinski definition) is 1. The van der Waals surface area contributed by atoms with Crippen LogP contribution in [0.3, 0.4) is 0 Å². The zero-order chi connectivity index (χ0) is 19.7. The number of hydrogen-bond acceptors (Lipinski definition) is 5. The molecule has 1 unspecified atom stereocenters. The van der Waals surface area contributed by atoms with Gasteiger partial charge in [0.25, 0.3) is 0 Å². The highest BCUT2D eigenvalue weighted by Crippen LogP contribution is 2.42. The Labute approximate surface area is 179 Å². The number of thioether (sulfide) groups is 1. The molecule has 4 rings (SSSR count). The highest BCUT2D eigenvalue weighted by molar-refractivity contribution is 8.00. The highest BCUT2D eigenvalue weighted by Gasteiger charge is 2.33. The predicted molar refractivity (Wildman–Crippen MR) is 115 cm³/mol. The third kappa shape index (κ3) is 4.42. The van der Waals surface area contributed by atoms with Gasteiger partial charge in [-0.1, -0.05) is 35.0 Å². The second-order valence-electron chi connectivity index (χ2n) is 7.30.